The van der Waals surface area contributed by atoms with E-state index in [2.05, 4.69) is 46.4 Å². The van der Waals surface area contributed by atoms with Crippen LogP contribution in [0.15, 0.2) is 43.0 Å². The van der Waals surface area contributed by atoms with Crippen molar-refractivity contribution in [2.75, 3.05) is 25.0 Å². The first-order valence-corrected chi connectivity index (χ1v) is 7.42. The fourth-order valence-corrected chi connectivity index (χ4v) is 2.80. The summed E-state index contributed by atoms with van der Waals surface area (Å²) in [6, 6.07) is 9.13. The van der Waals surface area contributed by atoms with Gasteiger partial charge in [0, 0.05) is 42.9 Å². The molecule has 0 radical (unpaired) electrons. The highest BCUT2D eigenvalue weighted by Crippen LogP contribution is 2.19. The number of imidazole rings is 1. The Morgan fingerprint density at radius 3 is 2.85 bits per heavy atom. The van der Waals surface area contributed by atoms with Gasteiger partial charge in [-0.3, -0.25) is 0 Å². The Morgan fingerprint density at radius 1 is 1.30 bits per heavy atom. The van der Waals surface area contributed by atoms with Gasteiger partial charge in [0.15, 0.2) is 0 Å². The van der Waals surface area contributed by atoms with E-state index in [-0.39, 0.29) is 0 Å². The Hall–Kier alpha value is -1.81. The molecule has 4 heteroatoms. The average molecular weight is 270 g/mol. The van der Waals surface area contributed by atoms with E-state index in [0.717, 1.165) is 5.69 Å². The van der Waals surface area contributed by atoms with E-state index in [1.165, 1.54) is 38.2 Å². The second kappa shape index (κ2) is 6.09. The van der Waals surface area contributed by atoms with Crippen LogP contribution >= 0.6 is 0 Å². The predicted molar refractivity (Wildman–Crippen MR) is 82.3 cm³/mol. The minimum atomic E-state index is 0.593. The fourth-order valence-electron chi connectivity index (χ4n) is 2.80. The summed E-state index contributed by atoms with van der Waals surface area (Å²) in [7, 11) is 0. The molecular formula is C16H22N4. The van der Waals surface area contributed by atoms with Crippen LogP contribution in [0.2, 0.25) is 0 Å². The average Bonchev–Trinajstić information content (AvgIpc) is 3.03. The molecule has 3 rings (SSSR count). The van der Waals surface area contributed by atoms with Gasteiger partial charge in [-0.2, -0.15) is 0 Å². The lowest BCUT2D eigenvalue weighted by Gasteiger charge is -2.32. The molecule has 4 nitrogen and oxygen atoms in total. The molecule has 0 bridgehead atoms. The van der Waals surface area contributed by atoms with Crippen LogP contribution in [0.5, 0.6) is 0 Å². The van der Waals surface area contributed by atoms with Crippen molar-refractivity contribution in [1.82, 2.24) is 14.5 Å². The molecule has 0 atom stereocenters. The molecule has 1 aliphatic rings. The third-order valence-corrected chi connectivity index (χ3v) is 4.05. The molecule has 1 fully saturated rings. The minimum Gasteiger partial charge on any atom is -0.382 e. The topological polar surface area (TPSA) is 33.1 Å². The molecule has 1 aromatic heterocycles. The molecule has 20 heavy (non-hydrogen) atoms. The summed E-state index contributed by atoms with van der Waals surface area (Å²) in [5.74, 6) is 0. The van der Waals surface area contributed by atoms with Crippen LogP contribution in [-0.2, 0) is 0 Å². The Kier molecular flexibility index (Phi) is 4.02. The van der Waals surface area contributed by atoms with Crippen molar-refractivity contribution in [3.8, 4) is 5.69 Å². The van der Waals surface area contributed by atoms with Crippen molar-refractivity contribution >= 4 is 5.69 Å². The van der Waals surface area contributed by atoms with Gasteiger partial charge in [0.05, 0.1) is 6.33 Å². The molecule has 0 spiro atoms. The van der Waals surface area contributed by atoms with Gasteiger partial charge >= 0.3 is 0 Å². The number of nitrogens with zero attached hydrogens (tertiary/aromatic N) is 3. The standard InChI is InChI=1S/C16H22N4/c1-2-19-9-6-14(7-10-19)18-15-4-3-5-16(12-15)20-11-8-17-13-20/h3-5,8,11-14,18H,2,6-7,9-10H2,1H3. The zero-order chi connectivity index (χ0) is 13.8. The lowest BCUT2D eigenvalue weighted by molar-refractivity contribution is 0.229. The lowest BCUT2D eigenvalue weighted by atomic mass is 10.0. The van der Waals surface area contributed by atoms with Gasteiger partial charge in [0.1, 0.15) is 0 Å². The van der Waals surface area contributed by atoms with E-state index in [4.69, 9.17) is 0 Å². The van der Waals surface area contributed by atoms with Crippen LogP contribution in [0.4, 0.5) is 5.69 Å². The fraction of sp³-hybridized carbons (Fsp3) is 0.438. The van der Waals surface area contributed by atoms with Crippen LogP contribution in [0.3, 0.4) is 0 Å². The molecule has 2 heterocycles. The van der Waals surface area contributed by atoms with Crippen molar-refractivity contribution in [3.05, 3.63) is 43.0 Å². The number of hydrogen-bond donors (Lipinski definition) is 1. The molecule has 0 amide bonds. The largest absolute Gasteiger partial charge is 0.382 e. The second-order valence-corrected chi connectivity index (χ2v) is 5.37. The Labute approximate surface area is 120 Å². The first-order valence-electron chi connectivity index (χ1n) is 7.42. The summed E-state index contributed by atoms with van der Waals surface area (Å²) in [5, 5.41) is 3.67. The van der Waals surface area contributed by atoms with Gasteiger partial charge in [-0.25, -0.2) is 4.98 Å². The van der Waals surface area contributed by atoms with Crippen molar-refractivity contribution < 1.29 is 0 Å². The molecule has 0 unspecified atom stereocenters. The van der Waals surface area contributed by atoms with E-state index in [1.807, 2.05) is 17.1 Å². The molecule has 2 aromatic rings. The molecule has 1 N–H and O–H groups in total. The monoisotopic (exact) mass is 270 g/mol. The van der Waals surface area contributed by atoms with E-state index in [0.29, 0.717) is 6.04 Å². The molecule has 1 saturated heterocycles. The maximum Gasteiger partial charge on any atom is 0.0991 e. The highest BCUT2D eigenvalue weighted by atomic mass is 15.1. The first-order chi connectivity index (χ1) is 9.85. The van der Waals surface area contributed by atoms with Gasteiger partial charge in [0.25, 0.3) is 0 Å². The van der Waals surface area contributed by atoms with Crippen molar-refractivity contribution in [2.45, 2.75) is 25.8 Å². The number of hydrogen-bond acceptors (Lipinski definition) is 3. The third kappa shape index (κ3) is 3.02. The number of benzene rings is 1. The lowest BCUT2D eigenvalue weighted by Crippen LogP contribution is -2.38. The summed E-state index contributed by atoms with van der Waals surface area (Å²) >= 11 is 0. The van der Waals surface area contributed by atoms with E-state index in [9.17, 15) is 0 Å². The molecule has 0 saturated carbocycles. The third-order valence-electron chi connectivity index (χ3n) is 4.05. The zero-order valence-electron chi connectivity index (χ0n) is 12.0. The minimum absolute atomic E-state index is 0.593. The summed E-state index contributed by atoms with van der Waals surface area (Å²) in [5.41, 5.74) is 2.35. The van der Waals surface area contributed by atoms with E-state index in [1.54, 1.807) is 6.20 Å². The van der Waals surface area contributed by atoms with E-state index >= 15 is 0 Å². The number of piperidine rings is 1. The summed E-state index contributed by atoms with van der Waals surface area (Å²) < 4.78 is 2.03. The van der Waals surface area contributed by atoms with Gasteiger partial charge < -0.3 is 14.8 Å². The number of rotatable bonds is 4. The van der Waals surface area contributed by atoms with Gasteiger partial charge in [-0.1, -0.05) is 13.0 Å². The van der Waals surface area contributed by atoms with Crippen LogP contribution in [0, 0.1) is 0 Å². The SMILES string of the molecule is CCN1CCC(Nc2cccc(-n3ccnc3)c2)CC1. The van der Waals surface area contributed by atoms with Crippen molar-refractivity contribution in [1.29, 1.82) is 0 Å². The Morgan fingerprint density at radius 2 is 2.15 bits per heavy atom. The molecular weight excluding hydrogens is 248 g/mol. The molecule has 1 aliphatic heterocycles. The molecule has 106 valence electrons. The van der Waals surface area contributed by atoms with Crippen molar-refractivity contribution in [3.63, 3.8) is 0 Å². The van der Waals surface area contributed by atoms with Crippen LogP contribution < -0.4 is 5.32 Å². The second-order valence-electron chi connectivity index (χ2n) is 5.37. The summed E-state index contributed by atoms with van der Waals surface area (Å²) in [4.78, 5) is 6.61. The smallest absolute Gasteiger partial charge is 0.0991 e. The normalized spacial score (nSPS) is 17.2. The van der Waals surface area contributed by atoms with Gasteiger partial charge in [0.2, 0.25) is 0 Å². The van der Waals surface area contributed by atoms with Crippen LogP contribution in [0.1, 0.15) is 19.8 Å². The number of anilines is 1. The highest BCUT2D eigenvalue weighted by Gasteiger charge is 2.17. The number of nitrogens with one attached hydrogen (secondary N) is 1. The maximum atomic E-state index is 4.10. The first kappa shape index (κ1) is 13.2. The van der Waals surface area contributed by atoms with Crippen molar-refractivity contribution in [2.24, 2.45) is 0 Å². The predicted octanol–water partition coefficient (Wildman–Crippen LogP) is 2.77. The Bertz CT molecular complexity index is 527. The van der Waals surface area contributed by atoms with Crippen LogP contribution in [-0.4, -0.2) is 40.1 Å². The molecule has 1 aromatic carbocycles. The maximum absolute atomic E-state index is 4.10. The van der Waals surface area contributed by atoms with E-state index < -0.39 is 0 Å². The zero-order valence-corrected chi connectivity index (χ0v) is 12.0. The quantitative estimate of drug-likeness (QED) is 0.927. The van der Waals surface area contributed by atoms with Gasteiger partial charge in [-0.15, -0.1) is 0 Å². The number of likely N-dealkylation sites (tertiary alicyclic amines) is 1. The van der Waals surface area contributed by atoms with Gasteiger partial charge in [-0.05, 0) is 37.6 Å². The summed E-state index contributed by atoms with van der Waals surface area (Å²) in [6.45, 7) is 5.82. The summed E-state index contributed by atoms with van der Waals surface area (Å²) in [6.07, 6.45) is 8.06. The number of aromatic nitrogens is 2. The van der Waals surface area contributed by atoms with Crippen LogP contribution in [0.25, 0.3) is 5.69 Å². The Balaban J connectivity index is 1.65. The molecule has 0 aliphatic carbocycles. The highest BCUT2D eigenvalue weighted by molar-refractivity contribution is 5.51.